The standard InChI is InChI=1S/C20H23ClNO4PS/c1-3-11-25-27(24,26-12-4-2)14-20(23)22-16-7-5-6-8-18(16)28-19-10-9-15(21)13-17(19)22/h5-10,13H,3-4,11-12,14H2,1-2H3. The maximum absolute atomic E-state index is 13.3. The molecule has 5 nitrogen and oxygen atoms in total. The number of para-hydroxylation sites is 1. The van der Waals surface area contributed by atoms with Crippen LogP contribution in [0, 0.1) is 0 Å². The van der Waals surface area contributed by atoms with E-state index in [-0.39, 0.29) is 25.3 Å². The molecular weight excluding hydrogens is 417 g/mol. The van der Waals surface area contributed by atoms with Crippen molar-refractivity contribution < 1.29 is 18.4 Å². The Bertz CT molecular complexity index is 896. The molecule has 0 bridgehead atoms. The number of hydrogen-bond acceptors (Lipinski definition) is 5. The quantitative estimate of drug-likeness (QED) is 0.438. The number of carbonyl (C=O) groups excluding carboxylic acids is 1. The average Bonchev–Trinajstić information content (AvgIpc) is 2.69. The molecule has 2 aromatic rings. The van der Waals surface area contributed by atoms with E-state index in [0.29, 0.717) is 23.6 Å². The fraction of sp³-hybridized carbons (Fsp3) is 0.350. The molecule has 150 valence electrons. The summed E-state index contributed by atoms with van der Waals surface area (Å²) in [4.78, 5) is 16.8. The SMILES string of the molecule is CCCOP(=O)(CC(=O)N1c2ccccc2Sc2ccc(Cl)cc21)OCCC. The summed E-state index contributed by atoms with van der Waals surface area (Å²) < 4.78 is 24.1. The lowest BCUT2D eigenvalue weighted by atomic mass is 10.2. The molecule has 0 aromatic heterocycles. The summed E-state index contributed by atoms with van der Waals surface area (Å²) in [5.74, 6) is -0.341. The minimum absolute atomic E-state index is 0.281. The Kier molecular flexibility index (Phi) is 7.24. The Hall–Kier alpha value is -1.30. The fourth-order valence-electron chi connectivity index (χ4n) is 2.82. The largest absolute Gasteiger partial charge is 0.340 e. The van der Waals surface area contributed by atoms with Gasteiger partial charge in [-0.3, -0.25) is 14.3 Å². The summed E-state index contributed by atoms with van der Waals surface area (Å²) in [6.45, 7) is 4.40. The van der Waals surface area contributed by atoms with E-state index in [1.54, 1.807) is 28.8 Å². The fourth-order valence-corrected chi connectivity index (χ4v) is 5.68. The second-order valence-corrected chi connectivity index (χ2v) is 9.92. The predicted octanol–water partition coefficient (Wildman–Crippen LogP) is 6.52. The zero-order valence-electron chi connectivity index (χ0n) is 15.9. The highest BCUT2D eigenvalue weighted by Gasteiger charge is 2.35. The highest BCUT2D eigenvalue weighted by atomic mass is 35.5. The zero-order chi connectivity index (χ0) is 20.1. The number of carbonyl (C=O) groups is 1. The van der Waals surface area contributed by atoms with E-state index in [0.717, 1.165) is 15.5 Å². The molecule has 28 heavy (non-hydrogen) atoms. The molecule has 0 aliphatic carbocycles. The first kappa shape index (κ1) is 21.4. The summed E-state index contributed by atoms with van der Waals surface area (Å²) in [7, 11) is -3.54. The second-order valence-electron chi connectivity index (χ2n) is 6.35. The summed E-state index contributed by atoms with van der Waals surface area (Å²) in [5, 5.41) is 0.532. The monoisotopic (exact) mass is 439 g/mol. The van der Waals surface area contributed by atoms with Crippen molar-refractivity contribution in [3.8, 4) is 0 Å². The maximum Gasteiger partial charge on any atom is 0.340 e. The Morgan fingerprint density at radius 1 is 1.04 bits per heavy atom. The summed E-state index contributed by atoms with van der Waals surface area (Å²) in [5.41, 5.74) is 1.42. The Morgan fingerprint density at radius 2 is 1.68 bits per heavy atom. The smallest absolute Gasteiger partial charge is 0.308 e. The van der Waals surface area contributed by atoms with Crippen molar-refractivity contribution in [3.05, 3.63) is 47.5 Å². The molecule has 1 amide bonds. The van der Waals surface area contributed by atoms with Crippen LogP contribution in [0.1, 0.15) is 26.7 Å². The van der Waals surface area contributed by atoms with Crippen LogP contribution in [-0.2, 0) is 18.4 Å². The number of amides is 1. The van der Waals surface area contributed by atoms with E-state index in [1.807, 2.05) is 44.2 Å². The molecule has 1 aliphatic heterocycles. The number of fused-ring (bicyclic) bond motifs is 2. The van der Waals surface area contributed by atoms with Crippen LogP contribution in [0.15, 0.2) is 52.3 Å². The highest BCUT2D eigenvalue weighted by molar-refractivity contribution is 7.99. The molecule has 0 saturated carbocycles. The van der Waals surface area contributed by atoms with Crippen LogP contribution in [0.5, 0.6) is 0 Å². The maximum atomic E-state index is 13.3. The second kappa shape index (κ2) is 9.47. The molecule has 8 heteroatoms. The molecule has 2 aromatic carbocycles. The van der Waals surface area contributed by atoms with Crippen molar-refractivity contribution >= 4 is 48.2 Å². The lowest BCUT2D eigenvalue weighted by molar-refractivity contribution is -0.115. The number of anilines is 2. The topological polar surface area (TPSA) is 55.8 Å². The van der Waals surface area contributed by atoms with E-state index in [4.69, 9.17) is 20.6 Å². The molecule has 0 unspecified atom stereocenters. The molecule has 0 radical (unpaired) electrons. The third-order valence-corrected chi connectivity index (χ3v) is 7.23. The Morgan fingerprint density at radius 3 is 2.36 bits per heavy atom. The molecule has 0 atom stereocenters. The van der Waals surface area contributed by atoms with Crippen LogP contribution in [0.3, 0.4) is 0 Å². The molecule has 0 N–H and O–H groups in total. The molecule has 0 saturated heterocycles. The molecule has 1 aliphatic rings. The van der Waals surface area contributed by atoms with Crippen molar-refractivity contribution in [2.24, 2.45) is 0 Å². The minimum Gasteiger partial charge on any atom is -0.308 e. The lowest BCUT2D eigenvalue weighted by Crippen LogP contribution is -2.31. The van der Waals surface area contributed by atoms with Crippen molar-refractivity contribution in [1.82, 2.24) is 0 Å². The van der Waals surface area contributed by atoms with Gasteiger partial charge in [0.1, 0.15) is 6.16 Å². The predicted molar refractivity (Wildman–Crippen MR) is 114 cm³/mol. The van der Waals surface area contributed by atoms with E-state index >= 15 is 0 Å². The van der Waals surface area contributed by atoms with Crippen LogP contribution in [0.4, 0.5) is 11.4 Å². The van der Waals surface area contributed by atoms with Crippen LogP contribution in [-0.4, -0.2) is 25.3 Å². The van der Waals surface area contributed by atoms with E-state index in [9.17, 15) is 9.36 Å². The van der Waals surface area contributed by atoms with Gasteiger partial charge >= 0.3 is 7.60 Å². The van der Waals surface area contributed by atoms with E-state index in [1.165, 1.54) is 0 Å². The zero-order valence-corrected chi connectivity index (χ0v) is 18.4. The van der Waals surface area contributed by atoms with Crippen LogP contribution in [0.25, 0.3) is 0 Å². The van der Waals surface area contributed by atoms with Gasteiger partial charge in [-0.05, 0) is 43.2 Å². The number of nitrogens with zero attached hydrogens (tertiary/aromatic N) is 1. The molecular formula is C20H23ClNO4PS. The van der Waals surface area contributed by atoms with Gasteiger partial charge in [0.05, 0.1) is 24.6 Å². The number of hydrogen-bond donors (Lipinski definition) is 0. The van der Waals surface area contributed by atoms with Crippen molar-refractivity contribution in [2.75, 3.05) is 24.3 Å². The number of rotatable bonds is 8. The van der Waals surface area contributed by atoms with Gasteiger partial charge in [-0.25, -0.2) is 0 Å². The molecule has 3 rings (SSSR count). The van der Waals surface area contributed by atoms with Gasteiger partial charge < -0.3 is 9.05 Å². The molecule has 1 heterocycles. The Labute approximate surface area is 174 Å². The van der Waals surface area contributed by atoms with Gasteiger partial charge in [-0.2, -0.15) is 0 Å². The first-order valence-electron chi connectivity index (χ1n) is 9.25. The van der Waals surface area contributed by atoms with Gasteiger partial charge in [-0.1, -0.05) is 49.3 Å². The van der Waals surface area contributed by atoms with Crippen molar-refractivity contribution in [2.45, 2.75) is 36.5 Å². The average molecular weight is 440 g/mol. The van der Waals surface area contributed by atoms with Gasteiger partial charge in [0.15, 0.2) is 0 Å². The minimum atomic E-state index is -3.54. The van der Waals surface area contributed by atoms with Gasteiger partial charge in [0.2, 0.25) is 5.91 Å². The number of halogens is 1. The lowest BCUT2D eigenvalue weighted by Gasteiger charge is -2.32. The van der Waals surface area contributed by atoms with Gasteiger partial charge in [-0.15, -0.1) is 0 Å². The van der Waals surface area contributed by atoms with Crippen LogP contribution < -0.4 is 4.90 Å². The third-order valence-electron chi connectivity index (χ3n) is 4.05. The summed E-state index contributed by atoms with van der Waals surface area (Å²) in [6.07, 6.45) is 1.06. The normalized spacial score (nSPS) is 13.2. The Balaban J connectivity index is 1.96. The van der Waals surface area contributed by atoms with Crippen molar-refractivity contribution in [1.29, 1.82) is 0 Å². The van der Waals surface area contributed by atoms with E-state index < -0.39 is 7.60 Å². The van der Waals surface area contributed by atoms with Crippen molar-refractivity contribution in [3.63, 3.8) is 0 Å². The summed E-state index contributed by atoms with van der Waals surface area (Å²) in [6, 6.07) is 13.1. The molecule has 0 fully saturated rings. The first-order valence-corrected chi connectivity index (χ1v) is 12.2. The van der Waals surface area contributed by atoms with E-state index in [2.05, 4.69) is 0 Å². The van der Waals surface area contributed by atoms with Gasteiger partial charge in [0, 0.05) is 14.8 Å². The van der Waals surface area contributed by atoms with Gasteiger partial charge in [0.25, 0.3) is 0 Å². The van der Waals surface area contributed by atoms with Crippen LogP contribution in [0.2, 0.25) is 5.02 Å². The highest BCUT2D eigenvalue weighted by Crippen LogP contribution is 2.52. The number of benzene rings is 2. The summed E-state index contributed by atoms with van der Waals surface area (Å²) >= 11 is 7.77. The third kappa shape index (κ3) is 4.81. The van der Waals surface area contributed by atoms with Crippen LogP contribution >= 0.6 is 31.0 Å². The first-order chi connectivity index (χ1) is 13.5. The molecule has 0 spiro atoms.